The van der Waals surface area contributed by atoms with Gasteiger partial charge in [-0.05, 0) is 59.7 Å². The molecule has 0 saturated carbocycles. The smallest absolute Gasteiger partial charge is 0.336 e. The predicted octanol–water partition coefficient (Wildman–Crippen LogP) is 8.23. The van der Waals surface area contributed by atoms with E-state index in [-0.39, 0.29) is 11.3 Å². The molecular weight excluding hydrogens is 470 g/mol. The van der Waals surface area contributed by atoms with Gasteiger partial charge in [0, 0.05) is 18.3 Å². The fourth-order valence-electron chi connectivity index (χ4n) is 5.42. The van der Waals surface area contributed by atoms with Crippen LogP contribution in [0.25, 0.3) is 11.1 Å². The van der Waals surface area contributed by atoms with E-state index in [0.717, 1.165) is 42.5 Å². The molecule has 1 unspecified atom stereocenters. The van der Waals surface area contributed by atoms with E-state index < -0.39 is 11.4 Å². The number of carbonyl (C=O) groups is 2. The lowest BCUT2D eigenvalue weighted by atomic mass is 9.69. The molecule has 1 atom stereocenters. The minimum atomic E-state index is -0.952. The maximum atomic E-state index is 14.2. The first-order chi connectivity index (χ1) is 18.6. The molecule has 0 saturated heterocycles. The van der Waals surface area contributed by atoms with Gasteiger partial charge in [0.1, 0.15) is 5.78 Å². The monoisotopic (exact) mass is 507 g/mol. The number of aryl methyl sites for hydroxylation is 1. The first-order valence-corrected chi connectivity index (χ1v) is 13.7. The molecule has 4 nitrogen and oxygen atoms in total. The van der Waals surface area contributed by atoms with Crippen molar-refractivity contribution in [3.63, 3.8) is 0 Å². The summed E-state index contributed by atoms with van der Waals surface area (Å²) in [4.78, 5) is 29.4. The van der Waals surface area contributed by atoms with Crippen molar-refractivity contribution in [3.05, 3.63) is 120 Å². The fraction of sp³-hybridized carbons (Fsp3) is 0.294. The molecule has 4 aromatic rings. The maximum Gasteiger partial charge on any atom is 0.336 e. The van der Waals surface area contributed by atoms with Crippen LogP contribution in [0, 0.1) is 0 Å². The first-order valence-electron chi connectivity index (χ1n) is 13.7. The largest absolute Gasteiger partial charge is 0.478 e. The van der Waals surface area contributed by atoms with Gasteiger partial charge in [0.25, 0.3) is 0 Å². The summed E-state index contributed by atoms with van der Waals surface area (Å²) in [5.41, 5.74) is 3.99. The van der Waals surface area contributed by atoms with Gasteiger partial charge < -0.3 is 10.1 Å². The quantitative estimate of drug-likeness (QED) is 0.169. The molecule has 0 amide bonds. The van der Waals surface area contributed by atoms with E-state index in [2.05, 4.69) is 24.0 Å². The number of benzene rings is 3. The van der Waals surface area contributed by atoms with Crippen LogP contribution in [0.2, 0.25) is 0 Å². The van der Waals surface area contributed by atoms with Crippen LogP contribution in [-0.2, 0) is 16.6 Å². The van der Waals surface area contributed by atoms with Crippen LogP contribution >= 0.6 is 0 Å². The predicted molar refractivity (Wildman–Crippen MR) is 154 cm³/mol. The molecule has 0 spiro atoms. The second-order valence-electron chi connectivity index (χ2n) is 9.99. The van der Waals surface area contributed by atoms with Crippen molar-refractivity contribution in [2.24, 2.45) is 0 Å². The number of ketones is 1. The molecule has 4 heteroatoms. The molecule has 0 fully saturated rings. The third kappa shape index (κ3) is 6.13. The standard InChI is InChI=1S/C34H37NO3/c1-2-3-4-5-9-18-32(36)34(31-17-12-25-35-31,24-23-26-13-7-6-8-14-26)28-21-19-27(20-22-28)29-15-10-11-16-30(29)33(37)38/h6-8,10-17,19-22,25,35H,2-5,9,18,23-24H2,1H3,(H,37,38). The van der Waals surface area contributed by atoms with E-state index in [0.29, 0.717) is 18.4 Å². The Hall–Kier alpha value is -3.92. The number of hydrogen-bond donors (Lipinski definition) is 2. The number of H-pyrrole nitrogens is 1. The summed E-state index contributed by atoms with van der Waals surface area (Å²) < 4.78 is 0. The lowest BCUT2D eigenvalue weighted by molar-refractivity contribution is -0.123. The molecule has 2 N–H and O–H groups in total. The summed E-state index contributed by atoms with van der Waals surface area (Å²) in [7, 11) is 0. The molecule has 0 radical (unpaired) electrons. The number of nitrogens with one attached hydrogen (secondary N) is 1. The van der Waals surface area contributed by atoms with Crippen LogP contribution in [-0.4, -0.2) is 21.8 Å². The number of rotatable bonds is 14. The van der Waals surface area contributed by atoms with Gasteiger partial charge in [-0.15, -0.1) is 0 Å². The van der Waals surface area contributed by atoms with Crippen LogP contribution in [0.4, 0.5) is 0 Å². The molecule has 1 aromatic heterocycles. The molecule has 0 bridgehead atoms. The topological polar surface area (TPSA) is 70.2 Å². The summed E-state index contributed by atoms with van der Waals surface area (Å²) in [6, 6.07) is 29.2. The van der Waals surface area contributed by atoms with E-state index >= 15 is 0 Å². The molecule has 3 aromatic carbocycles. The number of carboxylic acid groups (broad SMARTS) is 1. The molecular formula is C34H37NO3. The van der Waals surface area contributed by atoms with Crippen LogP contribution in [0.1, 0.15) is 79.0 Å². The van der Waals surface area contributed by atoms with E-state index in [1.54, 1.807) is 12.1 Å². The third-order valence-electron chi connectivity index (χ3n) is 7.52. The Labute approximate surface area is 225 Å². The van der Waals surface area contributed by atoms with Gasteiger partial charge in [-0.3, -0.25) is 4.79 Å². The third-order valence-corrected chi connectivity index (χ3v) is 7.52. The number of Topliss-reactive ketones (excluding diaryl/α,β-unsaturated/α-hetero) is 1. The second-order valence-corrected chi connectivity index (χ2v) is 9.99. The van der Waals surface area contributed by atoms with Crippen molar-refractivity contribution in [1.29, 1.82) is 0 Å². The summed E-state index contributed by atoms with van der Waals surface area (Å²) in [6.07, 6.45) is 9.31. The van der Waals surface area contributed by atoms with E-state index in [1.807, 2.05) is 72.9 Å². The number of unbranched alkanes of at least 4 members (excludes halogenated alkanes) is 4. The highest BCUT2D eigenvalue weighted by Gasteiger charge is 2.41. The Kier molecular flexibility index (Phi) is 9.31. The number of aromatic nitrogens is 1. The summed E-state index contributed by atoms with van der Waals surface area (Å²) >= 11 is 0. The van der Waals surface area contributed by atoms with Crippen LogP contribution in [0.15, 0.2) is 97.2 Å². The average Bonchev–Trinajstić information content (AvgIpc) is 3.50. The molecule has 38 heavy (non-hydrogen) atoms. The Bertz CT molecular complexity index is 1310. The Morgan fingerprint density at radius 2 is 1.50 bits per heavy atom. The molecule has 1 heterocycles. The van der Waals surface area contributed by atoms with Crippen molar-refractivity contribution < 1.29 is 14.7 Å². The maximum absolute atomic E-state index is 14.2. The van der Waals surface area contributed by atoms with E-state index in [9.17, 15) is 14.7 Å². The summed E-state index contributed by atoms with van der Waals surface area (Å²) in [5, 5.41) is 9.67. The molecule has 4 rings (SSSR count). The summed E-state index contributed by atoms with van der Waals surface area (Å²) in [5.74, 6) is -0.724. The number of carbonyl (C=O) groups excluding carboxylic acids is 1. The van der Waals surface area contributed by atoms with Gasteiger partial charge in [-0.2, -0.15) is 0 Å². The van der Waals surface area contributed by atoms with Gasteiger partial charge in [-0.1, -0.05) is 105 Å². The average molecular weight is 508 g/mol. The van der Waals surface area contributed by atoms with Gasteiger partial charge >= 0.3 is 5.97 Å². The van der Waals surface area contributed by atoms with Gasteiger partial charge in [0.2, 0.25) is 0 Å². The zero-order valence-electron chi connectivity index (χ0n) is 22.2. The van der Waals surface area contributed by atoms with Crippen LogP contribution < -0.4 is 0 Å². The first kappa shape index (κ1) is 27.1. The SMILES string of the molecule is CCCCCCCC(=O)C(CCc1ccccc1)(c1ccc(-c2ccccc2C(=O)O)cc1)c1ccc[nH]1. The fourth-order valence-corrected chi connectivity index (χ4v) is 5.42. The molecule has 0 aliphatic rings. The zero-order chi connectivity index (χ0) is 26.8. The number of aromatic carboxylic acids is 1. The number of carboxylic acids is 1. The van der Waals surface area contributed by atoms with E-state index in [1.165, 1.54) is 18.4 Å². The molecule has 0 aliphatic carbocycles. The van der Waals surface area contributed by atoms with Crippen molar-refractivity contribution in [1.82, 2.24) is 4.98 Å². The molecule has 196 valence electrons. The second kappa shape index (κ2) is 13.0. The van der Waals surface area contributed by atoms with Gasteiger partial charge in [0.05, 0.1) is 11.0 Å². The van der Waals surface area contributed by atoms with Crippen molar-refractivity contribution in [3.8, 4) is 11.1 Å². The van der Waals surface area contributed by atoms with Gasteiger partial charge in [-0.25, -0.2) is 4.79 Å². The Balaban J connectivity index is 1.73. The minimum absolute atomic E-state index is 0.228. The van der Waals surface area contributed by atoms with Crippen LogP contribution in [0.3, 0.4) is 0 Å². The highest BCUT2D eigenvalue weighted by atomic mass is 16.4. The Morgan fingerprint density at radius 3 is 2.18 bits per heavy atom. The van der Waals surface area contributed by atoms with E-state index in [4.69, 9.17) is 0 Å². The normalized spacial score (nSPS) is 12.7. The Morgan fingerprint density at radius 1 is 0.789 bits per heavy atom. The number of aromatic amines is 1. The lowest BCUT2D eigenvalue weighted by Crippen LogP contribution is -2.38. The minimum Gasteiger partial charge on any atom is -0.478 e. The van der Waals surface area contributed by atoms with Crippen LogP contribution in [0.5, 0.6) is 0 Å². The van der Waals surface area contributed by atoms with Crippen molar-refractivity contribution >= 4 is 11.8 Å². The molecule has 0 aliphatic heterocycles. The lowest BCUT2D eigenvalue weighted by Gasteiger charge is -2.33. The van der Waals surface area contributed by atoms with Crippen molar-refractivity contribution in [2.45, 2.75) is 63.7 Å². The zero-order valence-corrected chi connectivity index (χ0v) is 22.2. The van der Waals surface area contributed by atoms with Crippen molar-refractivity contribution in [2.75, 3.05) is 0 Å². The highest BCUT2D eigenvalue weighted by molar-refractivity contribution is 5.96. The summed E-state index contributed by atoms with van der Waals surface area (Å²) in [6.45, 7) is 2.20. The van der Waals surface area contributed by atoms with Gasteiger partial charge in [0.15, 0.2) is 0 Å². The number of hydrogen-bond acceptors (Lipinski definition) is 2. The highest BCUT2D eigenvalue weighted by Crippen LogP contribution is 2.40.